The molecule has 4 aromatic rings. The van der Waals surface area contributed by atoms with Gasteiger partial charge in [0.2, 0.25) is 0 Å². The Morgan fingerprint density at radius 3 is 2.41 bits per heavy atom. The molecular formula is C26H24N2O3S. The highest BCUT2D eigenvalue weighted by molar-refractivity contribution is 7.20. The van der Waals surface area contributed by atoms with Crippen LogP contribution in [0.5, 0.6) is 10.9 Å². The first-order chi connectivity index (χ1) is 15.7. The SMILES string of the molecule is COc1ccc2sc(OC3CCN(C(=O)c4ccc(-c5ccccc5)cc4)CC3)nc2c1. The third-order valence-corrected chi connectivity index (χ3v) is 6.74. The van der Waals surface area contributed by atoms with Gasteiger partial charge in [0.05, 0.1) is 17.3 Å². The summed E-state index contributed by atoms with van der Waals surface area (Å²) in [5, 5.41) is 0.675. The summed E-state index contributed by atoms with van der Waals surface area (Å²) in [4.78, 5) is 19.5. The van der Waals surface area contributed by atoms with Crippen LogP contribution in [-0.4, -0.2) is 42.1 Å². The van der Waals surface area contributed by atoms with Crippen LogP contribution < -0.4 is 9.47 Å². The third kappa shape index (κ3) is 4.32. The first kappa shape index (κ1) is 20.5. The normalized spacial score (nSPS) is 14.5. The number of nitrogens with zero attached hydrogens (tertiary/aromatic N) is 2. The average Bonchev–Trinajstić information content (AvgIpc) is 3.26. The smallest absolute Gasteiger partial charge is 0.274 e. The van der Waals surface area contributed by atoms with Gasteiger partial charge in [-0.05, 0) is 35.4 Å². The van der Waals surface area contributed by atoms with E-state index in [2.05, 4.69) is 17.1 Å². The predicted molar refractivity (Wildman–Crippen MR) is 128 cm³/mol. The van der Waals surface area contributed by atoms with Crippen molar-refractivity contribution in [2.45, 2.75) is 18.9 Å². The van der Waals surface area contributed by atoms with E-state index in [0.29, 0.717) is 18.3 Å². The van der Waals surface area contributed by atoms with Crippen LogP contribution in [0.4, 0.5) is 0 Å². The molecule has 1 saturated heterocycles. The van der Waals surface area contributed by atoms with Crippen molar-refractivity contribution >= 4 is 27.5 Å². The van der Waals surface area contributed by atoms with Gasteiger partial charge >= 0.3 is 0 Å². The number of methoxy groups -OCH3 is 1. The molecule has 162 valence electrons. The Bertz CT molecular complexity index is 1210. The second kappa shape index (κ2) is 9.01. The molecule has 0 spiro atoms. The number of hydrogen-bond donors (Lipinski definition) is 0. The van der Waals surface area contributed by atoms with Crippen LogP contribution in [0.3, 0.4) is 0 Å². The maximum atomic E-state index is 13.0. The highest BCUT2D eigenvalue weighted by Gasteiger charge is 2.25. The molecule has 0 aliphatic carbocycles. The van der Waals surface area contributed by atoms with Crippen LogP contribution >= 0.6 is 11.3 Å². The predicted octanol–water partition coefficient (Wildman–Crippen LogP) is 5.66. The zero-order chi connectivity index (χ0) is 21.9. The van der Waals surface area contributed by atoms with E-state index < -0.39 is 0 Å². The lowest BCUT2D eigenvalue weighted by molar-refractivity contribution is 0.0595. The van der Waals surface area contributed by atoms with E-state index in [-0.39, 0.29) is 12.0 Å². The Hall–Kier alpha value is -3.38. The Kier molecular flexibility index (Phi) is 5.77. The molecule has 32 heavy (non-hydrogen) atoms. The molecule has 2 heterocycles. The maximum Gasteiger partial charge on any atom is 0.274 e. The number of thiazole rings is 1. The lowest BCUT2D eigenvalue weighted by atomic mass is 10.0. The summed E-state index contributed by atoms with van der Waals surface area (Å²) in [6, 6.07) is 23.9. The number of carbonyl (C=O) groups is 1. The molecule has 3 aromatic carbocycles. The van der Waals surface area contributed by atoms with Crippen LogP contribution in [0.2, 0.25) is 0 Å². The second-order valence-corrected chi connectivity index (χ2v) is 8.86. The van der Waals surface area contributed by atoms with Crippen LogP contribution in [0.15, 0.2) is 72.8 Å². The molecule has 0 unspecified atom stereocenters. The van der Waals surface area contributed by atoms with Crippen LogP contribution in [-0.2, 0) is 0 Å². The number of benzene rings is 3. The summed E-state index contributed by atoms with van der Waals surface area (Å²) in [5.74, 6) is 0.869. The number of likely N-dealkylation sites (tertiary alicyclic amines) is 1. The van der Waals surface area contributed by atoms with Crippen molar-refractivity contribution in [3.8, 4) is 22.1 Å². The van der Waals surface area contributed by atoms with Crippen LogP contribution in [0, 0.1) is 0 Å². The molecule has 0 N–H and O–H groups in total. The van der Waals surface area contributed by atoms with Gasteiger partial charge in [0.25, 0.3) is 11.1 Å². The van der Waals surface area contributed by atoms with Gasteiger partial charge < -0.3 is 14.4 Å². The number of ether oxygens (including phenoxy) is 2. The first-order valence-corrected chi connectivity index (χ1v) is 11.6. The summed E-state index contributed by atoms with van der Waals surface area (Å²) in [5.41, 5.74) is 3.88. The van der Waals surface area contributed by atoms with Gasteiger partial charge in [-0.2, -0.15) is 0 Å². The lowest BCUT2D eigenvalue weighted by Crippen LogP contribution is -2.41. The van der Waals surface area contributed by atoms with Gasteiger partial charge in [-0.1, -0.05) is 53.8 Å². The van der Waals surface area contributed by atoms with E-state index in [1.54, 1.807) is 18.4 Å². The molecule has 0 atom stereocenters. The second-order valence-electron chi connectivity index (χ2n) is 7.87. The molecule has 0 saturated carbocycles. The number of rotatable bonds is 5. The number of carbonyl (C=O) groups excluding carboxylic acids is 1. The molecule has 5 rings (SSSR count). The van der Waals surface area contributed by atoms with Crippen molar-refractivity contribution in [3.05, 3.63) is 78.4 Å². The molecule has 0 radical (unpaired) electrons. The van der Waals surface area contributed by atoms with E-state index in [9.17, 15) is 4.79 Å². The molecule has 5 nitrogen and oxygen atoms in total. The summed E-state index contributed by atoms with van der Waals surface area (Å²) >= 11 is 1.54. The molecule has 0 bridgehead atoms. The topological polar surface area (TPSA) is 51.7 Å². The number of piperidine rings is 1. The fourth-order valence-electron chi connectivity index (χ4n) is 4.00. The van der Waals surface area contributed by atoms with Crippen LogP contribution in [0.25, 0.3) is 21.3 Å². The highest BCUT2D eigenvalue weighted by Crippen LogP contribution is 2.32. The third-order valence-electron chi connectivity index (χ3n) is 5.81. The monoisotopic (exact) mass is 444 g/mol. The van der Waals surface area contributed by atoms with Crippen molar-refractivity contribution in [2.75, 3.05) is 20.2 Å². The van der Waals surface area contributed by atoms with Gasteiger partial charge in [-0.3, -0.25) is 4.79 Å². The zero-order valence-electron chi connectivity index (χ0n) is 17.9. The van der Waals surface area contributed by atoms with Gasteiger partial charge in [-0.15, -0.1) is 0 Å². The molecule has 1 amide bonds. The van der Waals surface area contributed by atoms with Crippen molar-refractivity contribution in [2.24, 2.45) is 0 Å². The van der Waals surface area contributed by atoms with E-state index in [1.807, 2.05) is 65.6 Å². The standard InChI is InChI=1S/C26H24N2O3S/c1-30-22-11-12-24-23(17-22)27-26(32-24)31-21-13-15-28(16-14-21)25(29)20-9-7-19(8-10-20)18-5-3-2-4-6-18/h2-12,17,21H,13-16H2,1H3. The van der Waals surface area contributed by atoms with Gasteiger partial charge in [0.1, 0.15) is 11.9 Å². The van der Waals surface area contributed by atoms with Gasteiger partial charge in [-0.25, -0.2) is 4.98 Å². The first-order valence-electron chi connectivity index (χ1n) is 10.8. The largest absolute Gasteiger partial charge is 0.497 e. The minimum Gasteiger partial charge on any atom is -0.497 e. The van der Waals surface area contributed by atoms with E-state index in [1.165, 1.54) is 0 Å². The molecule has 1 aliphatic rings. The van der Waals surface area contributed by atoms with Crippen molar-refractivity contribution in [1.29, 1.82) is 0 Å². The molecule has 6 heteroatoms. The Morgan fingerprint density at radius 2 is 1.69 bits per heavy atom. The number of aromatic nitrogens is 1. The van der Waals surface area contributed by atoms with E-state index in [0.717, 1.165) is 45.5 Å². The van der Waals surface area contributed by atoms with E-state index >= 15 is 0 Å². The summed E-state index contributed by atoms with van der Waals surface area (Å²) < 4.78 is 12.5. The number of fused-ring (bicyclic) bond motifs is 1. The Balaban J connectivity index is 1.18. The number of hydrogen-bond acceptors (Lipinski definition) is 5. The summed E-state index contributed by atoms with van der Waals surface area (Å²) in [7, 11) is 1.65. The highest BCUT2D eigenvalue weighted by atomic mass is 32.1. The van der Waals surface area contributed by atoms with Crippen molar-refractivity contribution in [1.82, 2.24) is 9.88 Å². The molecular weight excluding hydrogens is 420 g/mol. The average molecular weight is 445 g/mol. The van der Waals surface area contributed by atoms with Crippen molar-refractivity contribution in [3.63, 3.8) is 0 Å². The quantitative estimate of drug-likeness (QED) is 0.399. The number of amides is 1. The summed E-state index contributed by atoms with van der Waals surface area (Å²) in [6.45, 7) is 1.37. The fraction of sp³-hybridized carbons (Fsp3) is 0.231. The van der Waals surface area contributed by atoms with Gasteiger partial charge in [0.15, 0.2) is 0 Å². The zero-order valence-corrected chi connectivity index (χ0v) is 18.7. The molecule has 1 aliphatic heterocycles. The fourth-order valence-corrected chi connectivity index (χ4v) is 4.86. The lowest BCUT2D eigenvalue weighted by Gasteiger charge is -2.31. The van der Waals surface area contributed by atoms with Gasteiger partial charge in [0, 0.05) is 37.6 Å². The minimum atomic E-state index is 0.0713. The van der Waals surface area contributed by atoms with Crippen LogP contribution in [0.1, 0.15) is 23.2 Å². The molecule has 1 aromatic heterocycles. The minimum absolute atomic E-state index is 0.0713. The molecule has 1 fully saturated rings. The summed E-state index contributed by atoms with van der Waals surface area (Å²) in [6.07, 6.45) is 1.67. The van der Waals surface area contributed by atoms with E-state index in [4.69, 9.17) is 9.47 Å². The Morgan fingerprint density at radius 1 is 0.969 bits per heavy atom. The Labute approximate surface area is 191 Å². The maximum absolute atomic E-state index is 13.0. The van der Waals surface area contributed by atoms with Crippen molar-refractivity contribution < 1.29 is 14.3 Å².